The summed E-state index contributed by atoms with van der Waals surface area (Å²) < 4.78 is 0. The summed E-state index contributed by atoms with van der Waals surface area (Å²) in [5.74, 6) is 0. The van der Waals surface area contributed by atoms with E-state index in [9.17, 15) is 9.59 Å². The molecule has 12 heavy (non-hydrogen) atoms. The van der Waals surface area contributed by atoms with E-state index in [-0.39, 0.29) is 6.04 Å². The quantitative estimate of drug-likeness (QED) is 0.347. The molecular formula is C8H10N2O2. The Labute approximate surface area is 70.7 Å². The van der Waals surface area contributed by atoms with E-state index in [1.54, 1.807) is 13.0 Å². The van der Waals surface area contributed by atoms with E-state index in [4.69, 9.17) is 0 Å². The first-order valence-electron chi connectivity index (χ1n) is 3.57. The third kappa shape index (κ3) is 6.62. The van der Waals surface area contributed by atoms with Crippen molar-refractivity contribution < 1.29 is 9.59 Å². The molecule has 0 saturated heterocycles. The second-order valence-electron chi connectivity index (χ2n) is 2.21. The molecule has 1 unspecified atom stereocenters. The molecule has 0 bridgehead atoms. The van der Waals surface area contributed by atoms with Gasteiger partial charge in [-0.05, 0) is 13.3 Å². The van der Waals surface area contributed by atoms with E-state index in [2.05, 4.69) is 9.98 Å². The molecule has 0 amide bonds. The predicted molar refractivity (Wildman–Crippen MR) is 44.3 cm³/mol. The molecule has 4 nitrogen and oxygen atoms in total. The molecule has 0 saturated carbocycles. The van der Waals surface area contributed by atoms with Gasteiger partial charge in [0.15, 0.2) is 0 Å². The highest BCUT2D eigenvalue weighted by Gasteiger charge is 1.92. The standard InChI is InChI=1S/C8H10N2O2/c1-8(10-7-12)4-2-3-5-9-6-11/h2-3,8H,4-5H2,1H3. The van der Waals surface area contributed by atoms with Crippen molar-refractivity contribution in [1.29, 1.82) is 0 Å². The molecule has 4 heteroatoms. The summed E-state index contributed by atoms with van der Waals surface area (Å²) in [5.41, 5.74) is 0. The number of carbonyl (C=O) groups excluding carboxylic acids is 2. The smallest absolute Gasteiger partial charge is 0.211 e. The fourth-order valence-corrected chi connectivity index (χ4v) is 0.600. The largest absolute Gasteiger partial charge is 0.235 e. The number of isocyanates is 2. The van der Waals surface area contributed by atoms with Gasteiger partial charge < -0.3 is 0 Å². The molecule has 0 radical (unpaired) electrons. The molecular weight excluding hydrogens is 156 g/mol. The highest BCUT2D eigenvalue weighted by atomic mass is 16.1. The van der Waals surface area contributed by atoms with Gasteiger partial charge in [-0.3, -0.25) is 0 Å². The lowest BCUT2D eigenvalue weighted by molar-refractivity contribution is 0.558. The van der Waals surface area contributed by atoms with Crippen molar-refractivity contribution in [3.63, 3.8) is 0 Å². The third-order valence-electron chi connectivity index (χ3n) is 1.18. The lowest BCUT2D eigenvalue weighted by Gasteiger charge is -1.95. The van der Waals surface area contributed by atoms with E-state index < -0.39 is 0 Å². The van der Waals surface area contributed by atoms with E-state index in [0.29, 0.717) is 13.0 Å². The second kappa shape index (κ2) is 7.61. The monoisotopic (exact) mass is 166 g/mol. The Bertz CT molecular complexity index is 235. The topological polar surface area (TPSA) is 58.9 Å². The van der Waals surface area contributed by atoms with Crippen LogP contribution in [0, 0.1) is 0 Å². The average molecular weight is 166 g/mol. The SMILES string of the molecule is CC(CC=CCN=C=O)N=C=O. The van der Waals surface area contributed by atoms with Crippen LogP contribution in [0.3, 0.4) is 0 Å². The number of nitrogens with zero attached hydrogens (tertiary/aromatic N) is 2. The zero-order valence-corrected chi connectivity index (χ0v) is 6.86. The summed E-state index contributed by atoms with van der Waals surface area (Å²) in [4.78, 5) is 26.2. The van der Waals surface area contributed by atoms with Crippen LogP contribution in [0.4, 0.5) is 0 Å². The minimum Gasteiger partial charge on any atom is -0.211 e. The molecule has 1 atom stereocenters. The lowest BCUT2D eigenvalue weighted by Crippen LogP contribution is -1.93. The van der Waals surface area contributed by atoms with Crippen molar-refractivity contribution in [2.24, 2.45) is 9.98 Å². The molecule has 0 rings (SSSR count). The van der Waals surface area contributed by atoms with Crippen LogP contribution in [0.5, 0.6) is 0 Å². The maximum absolute atomic E-state index is 9.76. The van der Waals surface area contributed by atoms with Gasteiger partial charge in [-0.1, -0.05) is 12.2 Å². The van der Waals surface area contributed by atoms with E-state index in [0.717, 1.165) is 0 Å². The van der Waals surface area contributed by atoms with Crippen LogP contribution in [0.1, 0.15) is 13.3 Å². The van der Waals surface area contributed by atoms with Crippen LogP contribution >= 0.6 is 0 Å². The third-order valence-corrected chi connectivity index (χ3v) is 1.18. The predicted octanol–water partition coefficient (Wildman–Crippen LogP) is 0.993. The molecule has 64 valence electrons. The molecule has 0 fully saturated rings. The lowest BCUT2D eigenvalue weighted by atomic mass is 10.2. The van der Waals surface area contributed by atoms with Crippen molar-refractivity contribution in [1.82, 2.24) is 0 Å². The Balaban J connectivity index is 3.59. The van der Waals surface area contributed by atoms with E-state index in [1.165, 1.54) is 12.2 Å². The second-order valence-corrected chi connectivity index (χ2v) is 2.21. The number of hydrogen-bond donors (Lipinski definition) is 0. The van der Waals surface area contributed by atoms with Gasteiger partial charge in [-0.2, -0.15) is 0 Å². The zero-order chi connectivity index (χ0) is 9.23. The molecule has 0 aliphatic carbocycles. The summed E-state index contributed by atoms with van der Waals surface area (Å²) in [7, 11) is 0. The van der Waals surface area contributed by atoms with Gasteiger partial charge in [0, 0.05) is 0 Å². The van der Waals surface area contributed by atoms with Crippen LogP contribution in [0.15, 0.2) is 22.1 Å². The number of hydrogen-bond acceptors (Lipinski definition) is 4. The molecule has 0 aliphatic heterocycles. The molecule has 0 aromatic heterocycles. The van der Waals surface area contributed by atoms with Crippen LogP contribution < -0.4 is 0 Å². The van der Waals surface area contributed by atoms with Gasteiger partial charge in [0.25, 0.3) is 0 Å². The van der Waals surface area contributed by atoms with Gasteiger partial charge in [0.05, 0.1) is 12.6 Å². The minimum absolute atomic E-state index is 0.0565. The number of aliphatic imine (C=N–C) groups is 2. The van der Waals surface area contributed by atoms with E-state index >= 15 is 0 Å². The van der Waals surface area contributed by atoms with Crippen molar-refractivity contribution in [2.75, 3.05) is 6.54 Å². The first kappa shape index (κ1) is 10.5. The van der Waals surface area contributed by atoms with Crippen molar-refractivity contribution in [3.8, 4) is 0 Å². The van der Waals surface area contributed by atoms with Crippen LogP contribution in [-0.2, 0) is 9.59 Å². The molecule has 0 heterocycles. The van der Waals surface area contributed by atoms with Crippen LogP contribution in [0.25, 0.3) is 0 Å². The average Bonchev–Trinajstić information content (AvgIpc) is 2.05. The molecule has 0 spiro atoms. The molecule has 0 aromatic carbocycles. The zero-order valence-electron chi connectivity index (χ0n) is 6.86. The Morgan fingerprint density at radius 2 is 2.08 bits per heavy atom. The summed E-state index contributed by atoms with van der Waals surface area (Å²) in [6, 6.07) is -0.0565. The molecule has 0 aromatic rings. The summed E-state index contributed by atoms with van der Waals surface area (Å²) in [6.45, 7) is 2.14. The molecule has 0 aliphatic rings. The summed E-state index contributed by atoms with van der Waals surface area (Å²) in [5, 5.41) is 0. The maximum atomic E-state index is 9.76. The number of rotatable bonds is 5. The van der Waals surface area contributed by atoms with Gasteiger partial charge in [-0.25, -0.2) is 19.6 Å². The highest BCUT2D eigenvalue weighted by molar-refractivity contribution is 5.33. The van der Waals surface area contributed by atoms with Crippen molar-refractivity contribution in [3.05, 3.63) is 12.2 Å². The Morgan fingerprint density at radius 3 is 2.67 bits per heavy atom. The Morgan fingerprint density at radius 1 is 1.33 bits per heavy atom. The summed E-state index contributed by atoms with van der Waals surface area (Å²) in [6.07, 6.45) is 7.09. The maximum Gasteiger partial charge on any atom is 0.235 e. The fraction of sp³-hybridized carbons (Fsp3) is 0.500. The normalized spacial score (nSPS) is 11.8. The highest BCUT2D eigenvalue weighted by Crippen LogP contribution is 1.95. The van der Waals surface area contributed by atoms with Crippen molar-refractivity contribution >= 4 is 12.2 Å². The summed E-state index contributed by atoms with van der Waals surface area (Å²) >= 11 is 0. The van der Waals surface area contributed by atoms with Crippen LogP contribution in [-0.4, -0.2) is 24.7 Å². The van der Waals surface area contributed by atoms with Gasteiger partial charge in [0.1, 0.15) is 0 Å². The Kier molecular flexibility index (Phi) is 6.65. The van der Waals surface area contributed by atoms with Gasteiger partial charge >= 0.3 is 0 Å². The Hall–Kier alpha value is -1.50. The van der Waals surface area contributed by atoms with Crippen molar-refractivity contribution in [2.45, 2.75) is 19.4 Å². The van der Waals surface area contributed by atoms with Crippen LogP contribution in [0.2, 0.25) is 0 Å². The first-order chi connectivity index (χ1) is 5.81. The minimum atomic E-state index is -0.0565. The van der Waals surface area contributed by atoms with Gasteiger partial charge in [0.2, 0.25) is 12.2 Å². The van der Waals surface area contributed by atoms with E-state index in [1.807, 2.05) is 6.08 Å². The van der Waals surface area contributed by atoms with Gasteiger partial charge in [-0.15, -0.1) is 0 Å². The first-order valence-corrected chi connectivity index (χ1v) is 3.57. The molecule has 0 N–H and O–H groups in total. The fourth-order valence-electron chi connectivity index (χ4n) is 0.600.